The predicted octanol–water partition coefficient (Wildman–Crippen LogP) is 3.71. The van der Waals surface area contributed by atoms with E-state index in [-0.39, 0.29) is 0 Å². The summed E-state index contributed by atoms with van der Waals surface area (Å²) in [5, 5.41) is 12.3. The van der Waals surface area contributed by atoms with Gasteiger partial charge in [-0.25, -0.2) is 9.97 Å². The molecule has 0 atom stereocenters. The third-order valence-corrected chi connectivity index (χ3v) is 5.35. The largest absolute Gasteiger partial charge is 0.323 e. The Hall–Kier alpha value is -3.29. The summed E-state index contributed by atoms with van der Waals surface area (Å²) in [7, 11) is 1.91. The number of hydrogen-bond acceptors (Lipinski definition) is 6. The normalized spacial score (nSPS) is 15.2. The fourth-order valence-electron chi connectivity index (χ4n) is 3.94. The highest BCUT2D eigenvalue weighted by Gasteiger charge is 2.21. The van der Waals surface area contributed by atoms with Crippen molar-refractivity contribution < 1.29 is 0 Å². The van der Waals surface area contributed by atoms with Crippen molar-refractivity contribution in [2.75, 3.05) is 5.32 Å². The van der Waals surface area contributed by atoms with Crippen molar-refractivity contribution >= 4 is 17.3 Å². The fraction of sp³-hybridized carbons (Fsp3) is 0.350. The van der Waals surface area contributed by atoms with Gasteiger partial charge in [-0.1, -0.05) is 19.3 Å². The molecule has 28 heavy (non-hydrogen) atoms. The van der Waals surface area contributed by atoms with Gasteiger partial charge in [0.2, 0.25) is 0 Å². The number of nitrogens with one attached hydrogen (secondary N) is 1. The predicted molar refractivity (Wildman–Crippen MR) is 106 cm³/mol. The van der Waals surface area contributed by atoms with E-state index in [4.69, 9.17) is 4.98 Å². The second-order valence-corrected chi connectivity index (χ2v) is 7.31. The van der Waals surface area contributed by atoms with E-state index in [9.17, 15) is 0 Å². The van der Waals surface area contributed by atoms with Crippen LogP contribution in [0.5, 0.6) is 0 Å². The number of anilines is 2. The summed E-state index contributed by atoms with van der Waals surface area (Å²) in [5.41, 5.74) is 3.94. The molecule has 1 aliphatic rings. The SMILES string of the molecule is Cn1cc(-c2cnn3c(Nc4cnccn4)cc(C4CCCCC4)nc23)cn1. The lowest BCUT2D eigenvalue weighted by Gasteiger charge is -2.22. The maximum absolute atomic E-state index is 5.03. The second-order valence-electron chi connectivity index (χ2n) is 7.31. The maximum atomic E-state index is 5.03. The van der Waals surface area contributed by atoms with Gasteiger partial charge in [0, 0.05) is 54.4 Å². The lowest BCUT2D eigenvalue weighted by molar-refractivity contribution is 0.437. The Morgan fingerprint density at radius 3 is 2.68 bits per heavy atom. The third kappa shape index (κ3) is 3.11. The number of aromatic nitrogens is 7. The van der Waals surface area contributed by atoms with Gasteiger partial charge in [0.15, 0.2) is 5.65 Å². The van der Waals surface area contributed by atoms with Crippen LogP contribution in [0.25, 0.3) is 16.8 Å². The second kappa shape index (κ2) is 7.03. The van der Waals surface area contributed by atoms with E-state index >= 15 is 0 Å². The molecule has 1 fully saturated rings. The van der Waals surface area contributed by atoms with Crippen LogP contribution in [0, 0.1) is 0 Å². The molecule has 0 unspecified atom stereocenters. The molecule has 0 bridgehead atoms. The first-order valence-electron chi connectivity index (χ1n) is 9.68. The molecule has 0 saturated heterocycles. The molecule has 8 nitrogen and oxygen atoms in total. The molecule has 0 aliphatic heterocycles. The molecule has 0 spiro atoms. The summed E-state index contributed by atoms with van der Waals surface area (Å²) in [6.07, 6.45) is 16.9. The van der Waals surface area contributed by atoms with Crippen molar-refractivity contribution in [2.24, 2.45) is 7.05 Å². The highest BCUT2D eigenvalue weighted by molar-refractivity contribution is 5.78. The van der Waals surface area contributed by atoms with Gasteiger partial charge in [0.05, 0.1) is 18.6 Å². The van der Waals surface area contributed by atoms with Crippen LogP contribution in [0.4, 0.5) is 11.6 Å². The standard InChI is InChI=1S/C20H22N8/c1-27-13-15(10-23-27)16-11-24-28-19(26-18-12-21-7-8-22-18)9-17(25-20(16)28)14-5-3-2-4-6-14/h7-14H,2-6H2,1H3,(H,22,26). The summed E-state index contributed by atoms with van der Waals surface area (Å²) >= 11 is 0. The molecule has 5 rings (SSSR count). The van der Waals surface area contributed by atoms with Crippen LogP contribution in [0.3, 0.4) is 0 Å². The van der Waals surface area contributed by atoms with E-state index in [1.807, 2.05) is 30.2 Å². The Balaban J connectivity index is 1.65. The van der Waals surface area contributed by atoms with Crippen LogP contribution >= 0.6 is 0 Å². The number of rotatable bonds is 4. The van der Waals surface area contributed by atoms with Crippen LogP contribution in [0.15, 0.2) is 43.2 Å². The Labute approximate surface area is 162 Å². The Morgan fingerprint density at radius 2 is 1.93 bits per heavy atom. The van der Waals surface area contributed by atoms with Crippen LogP contribution in [-0.4, -0.2) is 34.3 Å². The molecule has 0 aromatic carbocycles. The van der Waals surface area contributed by atoms with Crippen molar-refractivity contribution in [2.45, 2.75) is 38.0 Å². The summed E-state index contributed by atoms with van der Waals surface area (Å²) in [6.45, 7) is 0. The molecule has 8 heteroatoms. The minimum Gasteiger partial charge on any atom is -0.323 e. The smallest absolute Gasteiger partial charge is 0.165 e. The summed E-state index contributed by atoms with van der Waals surface area (Å²) in [5.74, 6) is 2.02. The molecule has 4 aromatic heterocycles. The fourth-order valence-corrected chi connectivity index (χ4v) is 3.94. The van der Waals surface area contributed by atoms with Gasteiger partial charge >= 0.3 is 0 Å². The van der Waals surface area contributed by atoms with Crippen molar-refractivity contribution in [1.29, 1.82) is 0 Å². The lowest BCUT2D eigenvalue weighted by Crippen LogP contribution is -2.10. The highest BCUT2D eigenvalue weighted by Crippen LogP contribution is 2.34. The zero-order chi connectivity index (χ0) is 18.9. The van der Waals surface area contributed by atoms with E-state index in [2.05, 4.69) is 31.5 Å². The zero-order valence-corrected chi connectivity index (χ0v) is 15.8. The van der Waals surface area contributed by atoms with Gasteiger partial charge in [-0.05, 0) is 12.8 Å². The molecule has 4 aromatic rings. The van der Waals surface area contributed by atoms with Crippen LogP contribution < -0.4 is 5.32 Å². The summed E-state index contributed by atoms with van der Waals surface area (Å²) in [4.78, 5) is 13.5. The van der Waals surface area contributed by atoms with Crippen molar-refractivity contribution in [3.05, 3.63) is 48.9 Å². The Bertz CT molecular complexity index is 1090. The Kier molecular flexibility index (Phi) is 4.23. The number of fused-ring (bicyclic) bond motifs is 1. The Morgan fingerprint density at radius 1 is 1.04 bits per heavy atom. The van der Waals surface area contributed by atoms with E-state index < -0.39 is 0 Å². The minimum atomic E-state index is 0.484. The molecule has 0 radical (unpaired) electrons. The average molecular weight is 374 g/mol. The van der Waals surface area contributed by atoms with Gasteiger partial charge in [0.25, 0.3) is 0 Å². The monoisotopic (exact) mass is 374 g/mol. The lowest BCUT2D eigenvalue weighted by atomic mass is 9.87. The molecule has 1 aliphatic carbocycles. The molecule has 0 amide bonds. The van der Waals surface area contributed by atoms with Gasteiger partial charge in [0.1, 0.15) is 11.6 Å². The zero-order valence-electron chi connectivity index (χ0n) is 15.8. The van der Waals surface area contributed by atoms with Crippen molar-refractivity contribution in [3.63, 3.8) is 0 Å². The first-order valence-corrected chi connectivity index (χ1v) is 9.68. The minimum absolute atomic E-state index is 0.484. The number of hydrogen-bond donors (Lipinski definition) is 1. The molecule has 1 N–H and O–H groups in total. The summed E-state index contributed by atoms with van der Waals surface area (Å²) < 4.78 is 3.63. The number of nitrogens with zero attached hydrogens (tertiary/aromatic N) is 7. The molecule has 4 heterocycles. The first kappa shape index (κ1) is 16.9. The highest BCUT2D eigenvalue weighted by atomic mass is 15.3. The van der Waals surface area contributed by atoms with Crippen LogP contribution in [-0.2, 0) is 7.05 Å². The van der Waals surface area contributed by atoms with Crippen LogP contribution in [0.2, 0.25) is 0 Å². The molecule has 142 valence electrons. The van der Waals surface area contributed by atoms with Gasteiger partial charge < -0.3 is 5.32 Å². The topological polar surface area (TPSA) is 85.8 Å². The first-order chi connectivity index (χ1) is 13.8. The van der Waals surface area contributed by atoms with E-state index in [1.165, 1.54) is 32.1 Å². The van der Waals surface area contributed by atoms with Gasteiger partial charge in [-0.3, -0.25) is 9.67 Å². The summed E-state index contributed by atoms with van der Waals surface area (Å²) in [6, 6.07) is 2.11. The quantitative estimate of drug-likeness (QED) is 0.586. The van der Waals surface area contributed by atoms with Crippen LogP contribution in [0.1, 0.15) is 43.7 Å². The van der Waals surface area contributed by atoms with Crippen molar-refractivity contribution in [1.82, 2.24) is 34.3 Å². The van der Waals surface area contributed by atoms with E-state index in [0.29, 0.717) is 11.7 Å². The van der Waals surface area contributed by atoms with Gasteiger partial charge in [-0.2, -0.15) is 14.7 Å². The molecular weight excluding hydrogens is 352 g/mol. The van der Waals surface area contributed by atoms with Crippen molar-refractivity contribution in [3.8, 4) is 11.1 Å². The molecule has 1 saturated carbocycles. The average Bonchev–Trinajstić information content (AvgIpc) is 3.35. The third-order valence-electron chi connectivity index (χ3n) is 5.35. The van der Waals surface area contributed by atoms with E-state index in [1.54, 1.807) is 23.3 Å². The number of aryl methyl sites for hydroxylation is 1. The molecular formula is C20H22N8. The maximum Gasteiger partial charge on any atom is 0.165 e. The van der Waals surface area contributed by atoms with Gasteiger partial charge in [-0.15, -0.1) is 0 Å². The van der Waals surface area contributed by atoms with E-state index in [0.717, 1.165) is 28.3 Å².